The second kappa shape index (κ2) is 5.23. The van der Waals surface area contributed by atoms with Crippen LogP contribution in [0.2, 0.25) is 0 Å². The van der Waals surface area contributed by atoms with Gasteiger partial charge in [-0.25, -0.2) is 0 Å². The van der Waals surface area contributed by atoms with E-state index >= 15 is 0 Å². The van der Waals surface area contributed by atoms with Crippen molar-refractivity contribution in [3.8, 4) is 17.2 Å². The predicted octanol–water partition coefficient (Wildman–Crippen LogP) is 3.42. The number of aromatic nitrogens is 1. The molecule has 0 saturated carbocycles. The molecule has 1 aromatic carbocycles. The maximum Gasteiger partial charge on any atom is 0.0866 e. The second-order valence-corrected chi connectivity index (χ2v) is 6.57. The van der Waals surface area contributed by atoms with Gasteiger partial charge in [0.25, 0.3) is 0 Å². The first kappa shape index (κ1) is 13.5. The van der Waals surface area contributed by atoms with Crippen LogP contribution in [-0.4, -0.2) is 17.1 Å². The summed E-state index contributed by atoms with van der Waals surface area (Å²) in [4.78, 5) is 4.43. The molecule has 1 aromatic heterocycles. The minimum Gasteiger partial charge on any atom is -0.311 e. The number of piperidine rings is 1. The van der Waals surface area contributed by atoms with Crippen molar-refractivity contribution in [2.45, 2.75) is 43.2 Å². The summed E-state index contributed by atoms with van der Waals surface area (Å²) < 4.78 is 0. The van der Waals surface area contributed by atoms with Crippen molar-refractivity contribution in [1.82, 2.24) is 10.3 Å². The number of hydrogen-bond acceptors (Lipinski definition) is 3. The van der Waals surface area contributed by atoms with Crippen molar-refractivity contribution in [3.05, 3.63) is 54.4 Å². The van der Waals surface area contributed by atoms with Gasteiger partial charge < -0.3 is 5.32 Å². The third kappa shape index (κ3) is 2.20. The van der Waals surface area contributed by atoms with Crippen molar-refractivity contribution in [2.75, 3.05) is 0 Å². The normalized spacial score (nSPS) is 30.0. The molecule has 1 N–H and O–H groups in total. The van der Waals surface area contributed by atoms with E-state index in [9.17, 15) is 5.26 Å². The lowest BCUT2D eigenvalue weighted by Crippen LogP contribution is -2.46. The summed E-state index contributed by atoms with van der Waals surface area (Å²) in [6.07, 6.45) is 7.97. The first-order chi connectivity index (χ1) is 10.8. The van der Waals surface area contributed by atoms with Crippen molar-refractivity contribution in [3.63, 3.8) is 0 Å². The van der Waals surface area contributed by atoms with Gasteiger partial charge in [-0.2, -0.15) is 5.26 Å². The highest BCUT2D eigenvalue weighted by atomic mass is 15.0. The molecule has 2 bridgehead atoms. The lowest BCUT2D eigenvalue weighted by atomic mass is 9.72. The fourth-order valence-corrected chi connectivity index (χ4v) is 4.03. The van der Waals surface area contributed by atoms with E-state index in [1.165, 1.54) is 12.8 Å². The summed E-state index contributed by atoms with van der Waals surface area (Å²) in [5, 5.41) is 13.5. The van der Waals surface area contributed by atoms with Crippen LogP contribution < -0.4 is 5.32 Å². The number of rotatable bonds is 2. The van der Waals surface area contributed by atoms with E-state index in [0.717, 1.165) is 29.5 Å². The van der Waals surface area contributed by atoms with Crippen LogP contribution in [0.25, 0.3) is 11.1 Å². The van der Waals surface area contributed by atoms with E-state index in [2.05, 4.69) is 34.6 Å². The largest absolute Gasteiger partial charge is 0.311 e. The molecule has 2 fully saturated rings. The Morgan fingerprint density at radius 3 is 2.45 bits per heavy atom. The van der Waals surface area contributed by atoms with Gasteiger partial charge in [0.1, 0.15) is 0 Å². The zero-order chi connectivity index (χ0) is 15.0. The first-order valence-electron chi connectivity index (χ1n) is 7.97. The number of fused-ring (bicyclic) bond motifs is 2. The average molecular weight is 289 g/mol. The molecule has 2 atom stereocenters. The Bertz CT molecular complexity index is 705. The summed E-state index contributed by atoms with van der Waals surface area (Å²) in [5.74, 6) is 0. The number of pyridine rings is 1. The standard InChI is InChI=1S/C19H19N3/c20-13-19(9-17-6-7-18(10-19)22-17)16-8-15(11-21-12-16)14-4-2-1-3-5-14/h1-5,8,11-12,17-18,22H,6-7,9-10H2. The molecule has 2 aliphatic rings. The van der Waals surface area contributed by atoms with Gasteiger partial charge in [-0.05, 0) is 42.9 Å². The van der Waals surface area contributed by atoms with Gasteiger partial charge in [-0.15, -0.1) is 0 Å². The molecule has 0 radical (unpaired) electrons. The maximum absolute atomic E-state index is 9.91. The fourth-order valence-electron chi connectivity index (χ4n) is 4.03. The smallest absolute Gasteiger partial charge is 0.0866 e. The van der Waals surface area contributed by atoms with Crippen molar-refractivity contribution < 1.29 is 0 Å². The molecule has 0 aliphatic carbocycles. The first-order valence-corrected chi connectivity index (χ1v) is 7.97. The van der Waals surface area contributed by atoms with Crippen LogP contribution in [-0.2, 0) is 5.41 Å². The van der Waals surface area contributed by atoms with Crippen LogP contribution in [0, 0.1) is 11.3 Å². The van der Waals surface area contributed by atoms with Crippen LogP contribution in [0.1, 0.15) is 31.2 Å². The van der Waals surface area contributed by atoms with Crippen molar-refractivity contribution >= 4 is 0 Å². The third-order valence-electron chi connectivity index (χ3n) is 5.14. The molecule has 2 unspecified atom stereocenters. The van der Waals surface area contributed by atoms with Crippen LogP contribution in [0.5, 0.6) is 0 Å². The van der Waals surface area contributed by atoms with Gasteiger partial charge in [-0.3, -0.25) is 4.98 Å². The molecule has 2 aromatic rings. The highest BCUT2D eigenvalue weighted by Crippen LogP contribution is 2.42. The summed E-state index contributed by atoms with van der Waals surface area (Å²) in [6, 6.07) is 16.0. The minimum atomic E-state index is -0.380. The Morgan fingerprint density at radius 2 is 1.77 bits per heavy atom. The van der Waals surface area contributed by atoms with E-state index in [4.69, 9.17) is 0 Å². The Morgan fingerprint density at radius 1 is 1.05 bits per heavy atom. The van der Waals surface area contributed by atoms with Gasteiger partial charge in [0.2, 0.25) is 0 Å². The van der Waals surface area contributed by atoms with Crippen LogP contribution in [0.15, 0.2) is 48.8 Å². The van der Waals surface area contributed by atoms with Gasteiger partial charge in [0, 0.05) is 30.0 Å². The predicted molar refractivity (Wildman–Crippen MR) is 86.1 cm³/mol. The molecular weight excluding hydrogens is 270 g/mol. The van der Waals surface area contributed by atoms with Crippen molar-refractivity contribution in [1.29, 1.82) is 5.26 Å². The monoisotopic (exact) mass is 289 g/mol. The molecule has 22 heavy (non-hydrogen) atoms. The Labute approximate surface area is 131 Å². The molecule has 110 valence electrons. The van der Waals surface area contributed by atoms with Crippen LogP contribution in [0.3, 0.4) is 0 Å². The molecule has 0 spiro atoms. The van der Waals surface area contributed by atoms with E-state index in [1.807, 2.05) is 30.6 Å². The number of hydrogen-bond donors (Lipinski definition) is 1. The van der Waals surface area contributed by atoms with Crippen molar-refractivity contribution in [2.24, 2.45) is 0 Å². The molecule has 4 rings (SSSR count). The second-order valence-electron chi connectivity index (χ2n) is 6.57. The highest BCUT2D eigenvalue weighted by molar-refractivity contribution is 5.63. The summed E-state index contributed by atoms with van der Waals surface area (Å²) in [6.45, 7) is 0. The van der Waals surface area contributed by atoms with E-state index < -0.39 is 0 Å². The van der Waals surface area contributed by atoms with E-state index in [-0.39, 0.29) is 5.41 Å². The molecule has 3 nitrogen and oxygen atoms in total. The minimum absolute atomic E-state index is 0.380. The third-order valence-corrected chi connectivity index (χ3v) is 5.14. The maximum atomic E-state index is 9.91. The van der Waals surface area contributed by atoms with E-state index in [1.54, 1.807) is 0 Å². The lowest BCUT2D eigenvalue weighted by molar-refractivity contribution is 0.304. The van der Waals surface area contributed by atoms with Crippen LogP contribution >= 0.6 is 0 Å². The summed E-state index contributed by atoms with van der Waals surface area (Å²) in [7, 11) is 0. The summed E-state index contributed by atoms with van der Waals surface area (Å²) in [5.41, 5.74) is 2.95. The number of nitrogens with one attached hydrogen (secondary N) is 1. The van der Waals surface area contributed by atoms with Gasteiger partial charge >= 0.3 is 0 Å². The molecule has 2 saturated heterocycles. The van der Waals surface area contributed by atoms with Gasteiger partial charge in [0.05, 0.1) is 11.5 Å². The topological polar surface area (TPSA) is 48.7 Å². The quantitative estimate of drug-likeness (QED) is 0.921. The van der Waals surface area contributed by atoms with Crippen LogP contribution in [0.4, 0.5) is 0 Å². The lowest BCUT2D eigenvalue weighted by Gasteiger charge is -2.36. The zero-order valence-electron chi connectivity index (χ0n) is 12.5. The number of nitrogens with zero attached hydrogens (tertiary/aromatic N) is 2. The molecular formula is C19H19N3. The number of nitriles is 1. The molecule has 2 aliphatic heterocycles. The molecule has 0 amide bonds. The Kier molecular flexibility index (Phi) is 3.20. The van der Waals surface area contributed by atoms with Gasteiger partial charge in [-0.1, -0.05) is 30.3 Å². The Balaban J connectivity index is 1.74. The SMILES string of the molecule is N#CC1(c2cncc(-c3ccccc3)c2)CC2CCC(C1)N2. The summed E-state index contributed by atoms with van der Waals surface area (Å²) >= 11 is 0. The number of benzene rings is 1. The molecule has 3 heterocycles. The highest BCUT2D eigenvalue weighted by Gasteiger charge is 2.45. The average Bonchev–Trinajstić information content (AvgIpc) is 2.94. The van der Waals surface area contributed by atoms with Gasteiger partial charge in [0.15, 0.2) is 0 Å². The van der Waals surface area contributed by atoms with E-state index in [0.29, 0.717) is 12.1 Å². The fraction of sp³-hybridized carbons (Fsp3) is 0.368. The molecule has 3 heteroatoms. The Hall–Kier alpha value is -2.18. The zero-order valence-corrected chi connectivity index (χ0v) is 12.5.